The normalized spacial score (nSPS) is 10.6. The van der Waals surface area contributed by atoms with E-state index in [1.54, 1.807) is 24.3 Å². The summed E-state index contributed by atoms with van der Waals surface area (Å²) in [5, 5.41) is 11.7. The smallest absolute Gasteiger partial charge is 0.251 e. The molecule has 0 saturated heterocycles. The van der Waals surface area contributed by atoms with Crippen LogP contribution in [0.4, 0.5) is 0 Å². The molecule has 29 heavy (non-hydrogen) atoms. The molecule has 3 heteroatoms. The molecule has 0 fully saturated rings. The fourth-order valence-corrected chi connectivity index (χ4v) is 3.67. The summed E-state index contributed by atoms with van der Waals surface area (Å²) in [5.41, 5.74) is 1.21. The van der Waals surface area contributed by atoms with Gasteiger partial charge in [0.2, 0.25) is 0 Å². The lowest BCUT2D eigenvalue weighted by Gasteiger charge is -2.06. The second kappa shape index (κ2) is 18.2. The molecule has 0 radical (unpaired) electrons. The number of benzene rings is 1. The van der Waals surface area contributed by atoms with Crippen molar-refractivity contribution in [3.05, 3.63) is 35.4 Å². The minimum absolute atomic E-state index is 0.0459. The van der Waals surface area contributed by atoms with E-state index >= 15 is 0 Å². The zero-order valence-corrected chi connectivity index (χ0v) is 18.7. The summed E-state index contributed by atoms with van der Waals surface area (Å²) in [4.78, 5) is 12.0. The Hall–Kier alpha value is -1.82. The molecular formula is C26H42N2O. The molecule has 162 valence electrons. The van der Waals surface area contributed by atoms with Crippen LogP contribution in [0, 0.1) is 11.3 Å². The van der Waals surface area contributed by atoms with Crippen LogP contribution in [0.2, 0.25) is 0 Å². The van der Waals surface area contributed by atoms with E-state index in [-0.39, 0.29) is 5.91 Å². The Kier molecular flexibility index (Phi) is 15.8. The van der Waals surface area contributed by atoms with Crippen LogP contribution < -0.4 is 5.32 Å². The first-order valence-electron chi connectivity index (χ1n) is 12.1. The van der Waals surface area contributed by atoms with E-state index in [0.29, 0.717) is 11.1 Å². The minimum Gasteiger partial charge on any atom is -0.352 e. The van der Waals surface area contributed by atoms with E-state index < -0.39 is 0 Å². The molecule has 0 unspecified atom stereocenters. The average molecular weight is 399 g/mol. The predicted octanol–water partition coefficient (Wildman–Crippen LogP) is 7.55. The summed E-state index contributed by atoms with van der Waals surface area (Å²) in [6, 6.07) is 8.85. The Bertz CT molecular complexity index is 559. The first-order chi connectivity index (χ1) is 14.3. The van der Waals surface area contributed by atoms with Gasteiger partial charge in [-0.2, -0.15) is 5.26 Å². The second-order valence-electron chi connectivity index (χ2n) is 8.25. The number of nitriles is 1. The summed E-state index contributed by atoms with van der Waals surface area (Å²) in [6.07, 6.45) is 21.7. The topological polar surface area (TPSA) is 52.9 Å². The van der Waals surface area contributed by atoms with Crippen molar-refractivity contribution in [1.82, 2.24) is 5.32 Å². The highest BCUT2D eigenvalue weighted by atomic mass is 16.1. The van der Waals surface area contributed by atoms with Gasteiger partial charge in [0, 0.05) is 12.1 Å². The van der Waals surface area contributed by atoms with Gasteiger partial charge in [-0.05, 0) is 30.7 Å². The summed E-state index contributed by atoms with van der Waals surface area (Å²) >= 11 is 0. The van der Waals surface area contributed by atoms with Gasteiger partial charge in [0.1, 0.15) is 0 Å². The van der Waals surface area contributed by atoms with Crippen LogP contribution >= 0.6 is 0 Å². The lowest BCUT2D eigenvalue weighted by molar-refractivity contribution is 0.0953. The maximum absolute atomic E-state index is 12.0. The van der Waals surface area contributed by atoms with Gasteiger partial charge in [-0.3, -0.25) is 4.79 Å². The number of unbranched alkanes of at least 4 members (excludes halogenated alkanes) is 15. The Morgan fingerprint density at radius 1 is 0.724 bits per heavy atom. The highest BCUT2D eigenvalue weighted by Gasteiger charge is 2.04. The third kappa shape index (κ3) is 13.9. The Balaban J connectivity index is 1.82. The molecule has 3 nitrogen and oxygen atoms in total. The van der Waals surface area contributed by atoms with Crippen LogP contribution in [-0.4, -0.2) is 12.5 Å². The number of rotatable bonds is 18. The summed E-state index contributed by atoms with van der Waals surface area (Å²) in [6.45, 7) is 3.01. The van der Waals surface area contributed by atoms with Crippen LogP contribution in [0.3, 0.4) is 0 Å². The molecule has 0 aliphatic carbocycles. The third-order valence-corrected chi connectivity index (χ3v) is 5.59. The van der Waals surface area contributed by atoms with Crippen molar-refractivity contribution in [3.63, 3.8) is 0 Å². The predicted molar refractivity (Wildman–Crippen MR) is 123 cm³/mol. The van der Waals surface area contributed by atoms with Crippen LogP contribution in [0.25, 0.3) is 0 Å². The van der Waals surface area contributed by atoms with E-state index in [0.717, 1.165) is 13.0 Å². The largest absolute Gasteiger partial charge is 0.352 e. The van der Waals surface area contributed by atoms with Gasteiger partial charge in [-0.15, -0.1) is 0 Å². The number of carbonyl (C=O) groups is 1. The number of hydrogen-bond acceptors (Lipinski definition) is 2. The molecule has 1 N–H and O–H groups in total. The molecule has 0 atom stereocenters. The second-order valence-corrected chi connectivity index (χ2v) is 8.25. The first-order valence-corrected chi connectivity index (χ1v) is 12.1. The standard InChI is InChI=1S/C26H42N2O/c1-2-3-4-5-6-7-8-9-10-11-12-13-14-15-16-17-22-28-26(29)25-20-18-24(23-27)19-21-25/h18-21H,2-17,22H2,1H3,(H,28,29). The fraction of sp³-hybridized carbons (Fsp3) is 0.692. The first kappa shape index (κ1) is 25.2. The summed E-state index contributed by atoms with van der Waals surface area (Å²) in [5.74, 6) is -0.0459. The third-order valence-electron chi connectivity index (χ3n) is 5.59. The van der Waals surface area contributed by atoms with Crippen molar-refractivity contribution >= 4 is 5.91 Å². The van der Waals surface area contributed by atoms with Gasteiger partial charge in [-0.1, -0.05) is 103 Å². The Labute approximate surface area is 179 Å². The maximum Gasteiger partial charge on any atom is 0.251 e. The van der Waals surface area contributed by atoms with E-state index in [2.05, 4.69) is 18.3 Å². The molecule has 0 aliphatic heterocycles. The van der Waals surface area contributed by atoms with Crippen molar-refractivity contribution < 1.29 is 4.79 Å². The van der Waals surface area contributed by atoms with Crippen molar-refractivity contribution in [2.75, 3.05) is 6.54 Å². The van der Waals surface area contributed by atoms with Crippen LogP contribution in [-0.2, 0) is 0 Å². The Morgan fingerprint density at radius 3 is 1.55 bits per heavy atom. The van der Waals surface area contributed by atoms with Gasteiger partial charge in [0.25, 0.3) is 5.91 Å². The number of amides is 1. The molecule has 0 heterocycles. The molecule has 0 aliphatic rings. The van der Waals surface area contributed by atoms with E-state index in [1.165, 1.54) is 96.3 Å². The zero-order chi connectivity index (χ0) is 21.0. The van der Waals surface area contributed by atoms with E-state index in [4.69, 9.17) is 5.26 Å². The quantitative estimate of drug-likeness (QED) is 0.259. The van der Waals surface area contributed by atoms with Crippen LogP contribution in [0.1, 0.15) is 126 Å². The molecular weight excluding hydrogens is 356 g/mol. The van der Waals surface area contributed by atoms with Gasteiger partial charge in [0.15, 0.2) is 0 Å². The molecule has 0 spiro atoms. The number of hydrogen-bond donors (Lipinski definition) is 1. The van der Waals surface area contributed by atoms with Crippen molar-refractivity contribution in [3.8, 4) is 6.07 Å². The summed E-state index contributed by atoms with van der Waals surface area (Å²) < 4.78 is 0. The lowest BCUT2D eigenvalue weighted by atomic mass is 10.0. The van der Waals surface area contributed by atoms with Gasteiger partial charge in [-0.25, -0.2) is 0 Å². The van der Waals surface area contributed by atoms with Crippen LogP contribution in [0.5, 0.6) is 0 Å². The van der Waals surface area contributed by atoms with Crippen molar-refractivity contribution in [2.24, 2.45) is 0 Å². The van der Waals surface area contributed by atoms with Gasteiger partial charge in [0.05, 0.1) is 11.6 Å². The molecule has 1 aromatic carbocycles. The summed E-state index contributed by atoms with van der Waals surface area (Å²) in [7, 11) is 0. The number of nitrogens with one attached hydrogen (secondary N) is 1. The van der Waals surface area contributed by atoms with Crippen molar-refractivity contribution in [1.29, 1.82) is 5.26 Å². The highest BCUT2D eigenvalue weighted by molar-refractivity contribution is 5.94. The maximum atomic E-state index is 12.0. The van der Waals surface area contributed by atoms with E-state index in [1.807, 2.05) is 0 Å². The minimum atomic E-state index is -0.0459. The molecule has 1 amide bonds. The van der Waals surface area contributed by atoms with Gasteiger partial charge >= 0.3 is 0 Å². The van der Waals surface area contributed by atoms with E-state index in [9.17, 15) is 4.79 Å². The van der Waals surface area contributed by atoms with Crippen LogP contribution in [0.15, 0.2) is 24.3 Å². The molecule has 0 saturated carbocycles. The molecule has 0 aromatic heterocycles. The monoisotopic (exact) mass is 398 g/mol. The zero-order valence-electron chi connectivity index (χ0n) is 18.7. The number of nitrogens with zero attached hydrogens (tertiary/aromatic N) is 1. The van der Waals surface area contributed by atoms with Gasteiger partial charge < -0.3 is 5.32 Å². The number of carbonyl (C=O) groups excluding carboxylic acids is 1. The Morgan fingerprint density at radius 2 is 1.14 bits per heavy atom. The fourth-order valence-electron chi connectivity index (χ4n) is 3.67. The molecule has 1 rings (SSSR count). The lowest BCUT2D eigenvalue weighted by Crippen LogP contribution is -2.24. The van der Waals surface area contributed by atoms with Crippen molar-refractivity contribution in [2.45, 2.75) is 110 Å². The molecule has 1 aromatic rings. The SMILES string of the molecule is CCCCCCCCCCCCCCCCCCNC(=O)c1ccc(C#N)cc1. The highest BCUT2D eigenvalue weighted by Crippen LogP contribution is 2.13. The molecule has 0 bridgehead atoms. The average Bonchev–Trinajstić information content (AvgIpc) is 2.75.